The van der Waals surface area contributed by atoms with Crippen LogP contribution in [0.5, 0.6) is 0 Å². The zero-order valence-electron chi connectivity index (χ0n) is 14.7. The maximum absolute atomic E-state index is 12.1. The third-order valence-corrected chi connectivity index (χ3v) is 4.78. The minimum absolute atomic E-state index is 0.0277. The fourth-order valence-electron chi connectivity index (χ4n) is 2.42. The molecule has 0 radical (unpaired) electrons. The minimum atomic E-state index is -0.146. The molecule has 0 bridgehead atoms. The van der Waals surface area contributed by atoms with Gasteiger partial charge in [0.1, 0.15) is 5.76 Å². The van der Waals surface area contributed by atoms with Crippen LogP contribution in [-0.4, -0.2) is 17.6 Å². The average Bonchev–Trinajstić information content (AvgIpc) is 3.21. The van der Waals surface area contributed by atoms with Crippen molar-refractivity contribution in [3.63, 3.8) is 0 Å². The Morgan fingerprint density at radius 3 is 2.41 bits per heavy atom. The van der Waals surface area contributed by atoms with E-state index >= 15 is 0 Å². The van der Waals surface area contributed by atoms with Crippen LogP contribution in [0.1, 0.15) is 21.7 Å². The summed E-state index contributed by atoms with van der Waals surface area (Å²) in [5.41, 5.74) is 2.46. The lowest BCUT2D eigenvalue weighted by molar-refractivity contribution is -0.113. The van der Waals surface area contributed by atoms with Gasteiger partial charge in [-0.1, -0.05) is 30.3 Å². The third kappa shape index (κ3) is 6.04. The first kappa shape index (κ1) is 18.8. The lowest BCUT2D eigenvalue weighted by Gasteiger charge is -2.06. The van der Waals surface area contributed by atoms with Crippen molar-refractivity contribution in [2.75, 3.05) is 11.1 Å². The summed E-state index contributed by atoms with van der Waals surface area (Å²) in [6.07, 6.45) is 1.58. The van der Waals surface area contributed by atoms with Crippen LogP contribution < -0.4 is 10.6 Å². The number of benzene rings is 2. The van der Waals surface area contributed by atoms with Gasteiger partial charge in [-0.3, -0.25) is 9.59 Å². The standard InChI is InChI=1S/C21H20N2O3S/c24-20(23-18-5-2-1-3-6-18)15-27-14-16-8-10-17(11-9-16)21(25)22-13-19-7-4-12-26-19/h1-12H,13-15H2,(H,22,25)(H,23,24). The second-order valence-electron chi connectivity index (χ2n) is 5.87. The van der Waals surface area contributed by atoms with E-state index in [0.717, 1.165) is 11.3 Å². The van der Waals surface area contributed by atoms with E-state index in [2.05, 4.69) is 10.6 Å². The highest BCUT2D eigenvalue weighted by molar-refractivity contribution is 7.99. The Hall–Kier alpha value is -2.99. The van der Waals surface area contributed by atoms with E-state index in [-0.39, 0.29) is 11.8 Å². The van der Waals surface area contributed by atoms with Crippen LogP contribution in [0, 0.1) is 0 Å². The first-order valence-electron chi connectivity index (χ1n) is 8.53. The molecule has 27 heavy (non-hydrogen) atoms. The summed E-state index contributed by atoms with van der Waals surface area (Å²) in [5, 5.41) is 5.67. The summed E-state index contributed by atoms with van der Waals surface area (Å²) in [7, 11) is 0. The molecule has 0 unspecified atom stereocenters. The van der Waals surface area contributed by atoms with Gasteiger partial charge in [0.15, 0.2) is 0 Å². The van der Waals surface area contributed by atoms with Crippen LogP contribution in [-0.2, 0) is 17.1 Å². The number of hydrogen-bond donors (Lipinski definition) is 2. The van der Waals surface area contributed by atoms with Gasteiger partial charge in [0.05, 0.1) is 18.6 Å². The Bertz CT molecular complexity index is 862. The summed E-state index contributed by atoms with van der Waals surface area (Å²) in [6.45, 7) is 0.361. The Balaban J connectivity index is 1.41. The van der Waals surface area contributed by atoms with Gasteiger partial charge in [0, 0.05) is 17.0 Å². The number of amides is 2. The van der Waals surface area contributed by atoms with E-state index < -0.39 is 0 Å². The number of para-hydroxylation sites is 1. The Labute approximate surface area is 162 Å². The van der Waals surface area contributed by atoms with Crippen LogP contribution in [0.4, 0.5) is 5.69 Å². The maximum Gasteiger partial charge on any atom is 0.251 e. The number of carbonyl (C=O) groups is 2. The molecule has 1 aromatic heterocycles. The molecule has 2 N–H and O–H groups in total. The fraction of sp³-hybridized carbons (Fsp3) is 0.143. The molecule has 1 heterocycles. The number of rotatable bonds is 8. The van der Waals surface area contributed by atoms with E-state index in [0.29, 0.717) is 29.4 Å². The zero-order valence-corrected chi connectivity index (χ0v) is 15.5. The molecule has 0 saturated carbocycles. The second kappa shape index (κ2) is 9.64. The first-order chi connectivity index (χ1) is 13.2. The quantitative estimate of drug-likeness (QED) is 0.618. The Kier molecular flexibility index (Phi) is 6.71. The molecule has 0 aliphatic rings. The molecular weight excluding hydrogens is 360 g/mol. The van der Waals surface area contributed by atoms with Crippen molar-refractivity contribution in [1.29, 1.82) is 0 Å². The SMILES string of the molecule is O=C(CSCc1ccc(C(=O)NCc2ccco2)cc1)Nc1ccccc1. The van der Waals surface area contributed by atoms with Crippen molar-refractivity contribution < 1.29 is 14.0 Å². The normalized spacial score (nSPS) is 10.4. The highest BCUT2D eigenvalue weighted by Crippen LogP contribution is 2.14. The molecule has 3 aromatic rings. The van der Waals surface area contributed by atoms with Gasteiger partial charge in [0.25, 0.3) is 5.91 Å². The predicted octanol–water partition coefficient (Wildman–Crippen LogP) is 4.08. The van der Waals surface area contributed by atoms with Crippen LogP contribution in [0.2, 0.25) is 0 Å². The van der Waals surface area contributed by atoms with Gasteiger partial charge < -0.3 is 15.1 Å². The summed E-state index contributed by atoms with van der Waals surface area (Å²) >= 11 is 1.53. The van der Waals surface area contributed by atoms with Gasteiger partial charge in [-0.2, -0.15) is 0 Å². The van der Waals surface area contributed by atoms with Crippen molar-refractivity contribution in [3.05, 3.63) is 89.9 Å². The van der Waals surface area contributed by atoms with Crippen molar-refractivity contribution in [3.8, 4) is 0 Å². The van der Waals surface area contributed by atoms with E-state index in [1.165, 1.54) is 11.8 Å². The van der Waals surface area contributed by atoms with Crippen molar-refractivity contribution >= 4 is 29.3 Å². The minimum Gasteiger partial charge on any atom is -0.467 e. The van der Waals surface area contributed by atoms with E-state index in [4.69, 9.17) is 4.42 Å². The first-order valence-corrected chi connectivity index (χ1v) is 9.68. The van der Waals surface area contributed by atoms with Gasteiger partial charge >= 0.3 is 0 Å². The molecule has 6 heteroatoms. The number of furan rings is 1. The van der Waals surface area contributed by atoms with Crippen LogP contribution in [0.15, 0.2) is 77.4 Å². The molecule has 0 aliphatic carbocycles. The van der Waals surface area contributed by atoms with E-state index in [9.17, 15) is 9.59 Å². The van der Waals surface area contributed by atoms with Crippen molar-refractivity contribution in [2.45, 2.75) is 12.3 Å². The number of thioether (sulfide) groups is 1. The topological polar surface area (TPSA) is 71.3 Å². The Morgan fingerprint density at radius 1 is 0.926 bits per heavy atom. The zero-order chi connectivity index (χ0) is 18.9. The van der Waals surface area contributed by atoms with Crippen LogP contribution in [0.3, 0.4) is 0 Å². The van der Waals surface area contributed by atoms with E-state index in [1.54, 1.807) is 24.5 Å². The third-order valence-electron chi connectivity index (χ3n) is 3.78. The van der Waals surface area contributed by atoms with Gasteiger partial charge in [-0.05, 0) is 42.0 Å². The van der Waals surface area contributed by atoms with Crippen molar-refractivity contribution in [2.24, 2.45) is 0 Å². The largest absolute Gasteiger partial charge is 0.467 e. The van der Waals surface area contributed by atoms with Crippen LogP contribution in [0.25, 0.3) is 0 Å². The lowest BCUT2D eigenvalue weighted by atomic mass is 10.1. The maximum atomic E-state index is 12.1. The fourth-order valence-corrected chi connectivity index (χ4v) is 3.20. The molecule has 0 aliphatic heterocycles. The molecular formula is C21H20N2O3S. The van der Waals surface area contributed by atoms with Crippen LogP contribution >= 0.6 is 11.8 Å². The monoisotopic (exact) mass is 380 g/mol. The molecule has 5 nitrogen and oxygen atoms in total. The highest BCUT2D eigenvalue weighted by atomic mass is 32.2. The van der Waals surface area contributed by atoms with Gasteiger partial charge in [0.2, 0.25) is 5.91 Å². The van der Waals surface area contributed by atoms with Gasteiger partial charge in [-0.25, -0.2) is 0 Å². The summed E-state index contributed by atoms with van der Waals surface area (Å²) in [4.78, 5) is 24.0. The highest BCUT2D eigenvalue weighted by Gasteiger charge is 2.07. The molecule has 138 valence electrons. The summed E-state index contributed by atoms with van der Waals surface area (Å²) < 4.78 is 5.19. The molecule has 0 saturated heterocycles. The summed E-state index contributed by atoms with van der Waals surface area (Å²) in [5.74, 6) is 1.62. The smallest absolute Gasteiger partial charge is 0.251 e. The number of nitrogens with one attached hydrogen (secondary N) is 2. The summed E-state index contributed by atoms with van der Waals surface area (Å²) in [6, 6.07) is 20.4. The Morgan fingerprint density at radius 2 is 1.70 bits per heavy atom. The number of carbonyl (C=O) groups excluding carboxylic acids is 2. The molecule has 0 fully saturated rings. The number of hydrogen-bond acceptors (Lipinski definition) is 4. The lowest BCUT2D eigenvalue weighted by Crippen LogP contribution is -2.22. The second-order valence-corrected chi connectivity index (χ2v) is 6.85. The molecule has 0 atom stereocenters. The molecule has 2 aromatic carbocycles. The molecule has 0 spiro atoms. The molecule has 2 amide bonds. The van der Waals surface area contributed by atoms with E-state index in [1.807, 2.05) is 48.5 Å². The molecule has 3 rings (SSSR count). The predicted molar refractivity (Wildman–Crippen MR) is 108 cm³/mol. The van der Waals surface area contributed by atoms with Gasteiger partial charge in [-0.15, -0.1) is 11.8 Å². The average molecular weight is 380 g/mol. The van der Waals surface area contributed by atoms with Crippen molar-refractivity contribution in [1.82, 2.24) is 5.32 Å². The number of anilines is 1.